The van der Waals surface area contributed by atoms with Gasteiger partial charge < -0.3 is 4.74 Å². The largest absolute Gasteiger partial charge is 0.371 e. The monoisotopic (exact) mass is 133 g/mol. The van der Waals surface area contributed by atoms with E-state index in [2.05, 4.69) is 19.7 Å². The topological polar surface area (TPSA) is 15.8 Å². The predicted octanol–water partition coefficient (Wildman–Crippen LogP) is 0.550. The highest BCUT2D eigenvalue weighted by molar-refractivity contribution is 7.77. The molecule has 2 nitrogen and oxygen atoms in total. The molecule has 0 bridgehead atoms. The van der Waals surface area contributed by atoms with Gasteiger partial charge in [0, 0.05) is 6.04 Å². The Balaban J connectivity index is 2.22. The minimum Gasteiger partial charge on any atom is -0.371 e. The Bertz CT molecular complexity index is 80.5. The molecular weight excluding hydrogens is 122 g/mol. The van der Waals surface area contributed by atoms with Crippen molar-refractivity contribution in [3.8, 4) is 0 Å². The fraction of sp³-hybridized carbons (Fsp3) is 1.00. The number of hydrogen-bond donors (Lipinski definition) is 1. The van der Waals surface area contributed by atoms with Crippen molar-refractivity contribution in [2.45, 2.75) is 19.1 Å². The van der Waals surface area contributed by atoms with Crippen LogP contribution in [-0.4, -0.2) is 30.1 Å². The summed E-state index contributed by atoms with van der Waals surface area (Å²) in [5, 5.41) is 0. The molecule has 1 saturated heterocycles. The van der Waals surface area contributed by atoms with Crippen molar-refractivity contribution >= 4 is 12.8 Å². The second kappa shape index (κ2) is 2.25. The van der Waals surface area contributed by atoms with E-state index in [-0.39, 0.29) is 0 Å². The van der Waals surface area contributed by atoms with Crippen LogP contribution < -0.4 is 0 Å². The van der Waals surface area contributed by atoms with Gasteiger partial charge in [0.1, 0.15) is 0 Å². The number of rotatable bonds is 2. The minimum absolute atomic E-state index is 0.442. The van der Waals surface area contributed by atoms with Crippen molar-refractivity contribution in [1.82, 2.24) is 4.31 Å². The molecule has 1 fully saturated rings. The SMILES string of the molecule is CC(C1CO1)N(C)S. The molecule has 0 spiro atoms. The highest BCUT2D eigenvalue weighted by Crippen LogP contribution is 2.18. The minimum atomic E-state index is 0.442. The Kier molecular flexibility index (Phi) is 1.80. The summed E-state index contributed by atoms with van der Waals surface area (Å²) in [6.07, 6.45) is 0.442. The van der Waals surface area contributed by atoms with Crippen LogP contribution in [-0.2, 0) is 4.74 Å². The third kappa shape index (κ3) is 1.37. The molecule has 48 valence electrons. The van der Waals surface area contributed by atoms with E-state index in [1.165, 1.54) is 0 Å². The molecule has 0 aromatic heterocycles. The van der Waals surface area contributed by atoms with Crippen LogP contribution in [0.2, 0.25) is 0 Å². The first-order chi connectivity index (χ1) is 3.72. The highest BCUT2D eigenvalue weighted by atomic mass is 32.1. The van der Waals surface area contributed by atoms with Crippen LogP contribution in [0.1, 0.15) is 6.92 Å². The van der Waals surface area contributed by atoms with Gasteiger partial charge in [-0.15, -0.1) is 0 Å². The fourth-order valence-electron chi connectivity index (χ4n) is 0.575. The molecule has 1 rings (SSSR count). The van der Waals surface area contributed by atoms with Crippen LogP contribution >= 0.6 is 12.8 Å². The molecule has 1 aliphatic heterocycles. The zero-order valence-electron chi connectivity index (χ0n) is 5.16. The maximum atomic E-state index is 5.04. The molecule has 1 heterocycles. The smallest absolute Gasteiger partial charge is 0.0971 e. The lowest BCUT2D eigenvalue weighted by atomic mass is 10.3. The van der Waals surface area contributed by atoms with Crippen molar-refractivity contribution in [2.75, 3.05) is 13.7 Å². The van der Waals surface area contributed by atoms with Gasteiger partial charge in [-0.1, -0.05) is 12.8 Å². The zero-order chi connectivity index (χ0) is 6.15. The summed E-state index contributed by atoms with van der Waals surface area (Å²) in [5.41, 5.74) is 0. The second-order valence-electron chi connectivity index (χ2n) is 2.19. The summed E-state index contributed by atoms with van der Waals surface area (Å²) < 4.78 is 6.91. The fourth-order valence-corrected chi connectivity index (χ4v) is 0.723. The Morgan fingerprint density at radius 3 is 2.50 bits per heavy atom. The van der Waals surface area contributed by atoms with Gasteiger partial charge >= 0.3 is 0 Å². The van der Waals surface area contributed by atoms with Crippen LogP contribution in [0.4, 0.5) is 0 Å². The van der Waals surface area contributed by atoms with Gasteiger partial charge in [0.15, 0.2) is 0 Å². The van der Waals surface area contributed by atoms with Crippen molar-refractivity contribution in [2.24, 2.45) is 0 Å². The first-order valence-electron chi connectivity index (χ1n) is 2.75. The molecule has 8 heavy (non-hydrogen) atoms. The van der Waals surface area contributed by atoms with E-state index in [0.29, 0.717) is 12.1 Å². The number of nitrogens with zero attached hydrogens (tertiary/aromatic N) is 1. The van der Waals surface area contributed by atoms with Crippen molar-refractivity contribution in [3.63, 3.8) is 0 Å². The third-order valence-electron chi connectivity index (χ3n) is 1.49. The predicted molar refractivity (Wildman–Crippen MR) is 36.0 cm³/mol. The van der Waals surface area contributed by atoms with Crippen LogP contribution in [0.5, 0.6) is 0 Å². The summed E-state index contributed by atoms with van der Waals surface area (Å²) in [6, 6.07) is 0.457. The number of thiol groups is 1. The van der Waals surface area contributed by atoms with Gasteiger partial charge in [-0.05, 0) is 14.0 Å². The quantitative estimate of drug-likeness (QED) is 0.437. The van der Waals surface area contributed by atoms with Gasteiger partial charge in [-0.2, -0.15) is 0 Å². The molecular formula is C5H11NOS. The van der Waals surface area contributed by atoms with Crippen LogP contribution in [0.3, 0.4) is 0 Å². The summed E-state index contributed by atoms with van der Waals surface area (Å²) in [4.78, 5) is 0. The van der Waals surface area contributed by atoms with E-state index < -0.39 is 0 Å². The van der Waals surface area contributed by atoms with E-state index >= 15 is 0 Å². The molecule has 0 saturated carbocycles. The first-order valence-corrected chi connectivity index (χ1v) is 3.15. The van der Waals surface area contributed by atoms with E-state index in [0.717, 1.165) is 6.61 Å². The molecule has 0 aromatic carbocycles. The van der Waals surface area contributed by atoms with E-state index in [1.807, 2.05) is 11.4 Å². The Labute approximate surface area is 55.4 Å². The summed E-state index contributed by atoms with van der Waals surface area (Å²) >= 11 is 4.13. The number of epoxide rings is 1. The van der Waals surface area contributed by atoms with Gasteiger partial charge in [-0.3, -0.25) is 4.31 Å². The Hall–Kier alpha value is 0.270. The van der Waals surface area contributed by atoms with Crippen molar-refractivity contribution in [1.29, 1.82) is 0 Å². The number of ether oxygens (including phenoxy) is 1. The summed E-state index contributed by atoms with van der Waals surface area (Å²) in [5.74, 6) is 0. The van der Waals surface area contributed by atoms with Gasteiger partial charge in [-0.25, -0.2) is 0 Å². The van der Waals surface area contributed by atoms with E-state index in [9.17, 15) is 0 Å². The van der Waals surface area contributed by atoms with E-state index in [4.69, 9.17) is 4.74 Å². The zero-order valence-corrected chi connectivity index (χ0v) is 6.06. The standard InChI is InChI=1S/C5H11NOS/c1-4(6(2)8)5-3-7-5/h4-5,8H,3H2,1-2H3. The molecule has 2 unspecified atom stereocenters. The maximum Gasteiger partial charge on any atom is 0.0971 e. The van der Waals surface area contributed by atoms with Crippen LogP contribution in [0.15, 0.2) is 0 Å². The van der Waals surface area contributed by atoms with Crippen molar-refractivity contribution in [3.05, 3.63) is 0 Å². The third-order valence-corrected chi connectivity index (χ3v) is 1.85. The second-order valence-corrected chi connectivity index (χ2v) is 2.82. The number of likely N-dealkylation sites (N-methyl/N-ethyl adjacent to an activating group) is 1. The molecule has 1 aliphatic rings. The van der Waals surface area contributed by atoms with Gasteiger partial charge in [0.2, 0.25) is 0 Å². The molecule has 0 aromatic rings. The lowest BCUT2D eigenvalue weighted by Gasteiger charge is -2.14. The van der Waals surface area contributed by atoms with Gasteiger partial charge in [0.05, 0.1) is 12.7 Å². The molecule has 0 amide bonds. The molecule has 0 aliphatic carbocycles. The summed E-state index contributed by atoms with van der Waals surface area (Å²) in [6.45, 7) is 3.01. The molecule has 2 atom stereocenters. The molecule has 0 radical (unpaired) electrons. The van der Waals surface area contributed by atoms with E-state index in [1.54, 1.807) is 0 Å². The molecule has 0 N–H and O–H groups in total. The lowest BCUT2D eigenvalue weighted by Crippen LogP contribution is -2.25. The molecule has 3 heteroatoms. The lowest BCUT2D eigenvalue weighted by molar-refractivity contribution is 0.311. The Morgan fingerprint density at radius 1 is 1.88 bits per heavy atom. The average molecular weight is 133 g/mol. The van der Waals surface area contributed by atoms with Crippen LogP contribution in [0.25, 0.3) is 0 Å². The average Bonchev–Trinajstić information content (AvgIpc) is 2.43. The highest BCUT2D eigenvalue weighted by Gasteiger charge is 2.30. The van der Waals surface area contributed by atoms with Crippen molar-refractivity contribution < 1.29 is 4.74 Å². The Morgan fingerprint density at radius 2 is 2.38 bits per heavy atom. The van der Waals surface area contributed by atoms with Crippen LogP contribution in [0, 0.1) is 0 Å². The first kappa shape index (κ1) is 6.39. The maximum absolute atomic E-state index is 5.04. The normalized spacial score (nSPS) is 30.8. The number of hydrogen-bond acceptors (Lipinski definition) is 3. The summed E-state index contributed by atoms with van der Waals surface area (Å²) in [7, 11) is 1.94. The van der Waals surface area contributed by atoms with Gasteiger partial charge in [0.25, 0.3) is 0 Å².